The van der Waals surface area contributed by atoms with Crippen LogP contribution >= 0.6 is 0 Å². The van der Waals surface area contributed by atoms with Crippen molar-refractivity contribution in [3.63, 3.8) is 0 Å². The SMILES string of the molecule is COCC(C)(C)c1ccc(C2CCCN2)cc1. The van der Waals surface area contributed by atoms with Crippen molar-refractivity contribution in [1.29, 1.82) is 0 Å². The van der Waals surface area contributed by atoms with Crippen LogP contribution in [0.15, 0.2) is 24.3 Å². The Morgan fingerprint density at radius 3 is 2.53 bits per heavy atom. The number of ether oxygens (including phenoxy) is 1. The molecular formula is C15H23NO. The molecular weight excluding hydrogens is 210 g/mol. The Morgan fingerprint density at radius 2 is 2.00 bits per heavy atom. The Labute approximate surface area is 104 Å². The van der Waals surface area contributed by atoms with E-state index < -0.39 is 0 Å². The number of benzene rings is 1. The van der Waals surface area contributed by atoms with Gasteiger partial charge in [0.05, 0.1) is 6.61 Å². The van der Waals surface area contributed by atoms with E-state index in [0.717, 1.165) is 13.2 Å². The fraction of sp³-hybridized carbons (Fsp3) is 0.600. The van der Waals surface area contributed by atoms with Crippen molar-refractivity contribution in [2.75, 3.05) is 20.3 Å². The van der Waals surface area contributed by atoms with Gasteiger partial charge in [0.1, 0.15) is 0 Å². The maximum atomic E-state index is 5.28. The molecule has 0 aliphatic carbocycles. The van der Waals surface area contributed by atoms with Crippen molar-refractivity contribution in [3.8, 4) is 0 Å². The average Bonchev–Trinajstić information content (AvgIpc) is 2.82. The number of rotatable bonds is 4. The second kappa shape index (κ2) is 5.19. The van der Waals surface area contributed by atoms with E-state index in [9.17, 15) is 0 Å². The van der Waals surface area contributed by atoms with Crippen molar-refractivity contribution in [3.05, 3.63) is 35.4 Å². The van der Waals surface area contributed by atoms with Gasteiger partial charge in [-0.3, -0.25) is 0 Å². The molecule has 1 N–H and O–H groups in total. The van der Waals surface area contributed by atoms with Crippen LogP contribution in [0.5, 0.6) is 0 Å². The molecule has 94 valence electrons. The van der Waals surface area contributed by atoms with Crippen LogP contribution in [0.2, 0.25) is 0 Å². The largest absolute Gasteiger partial charge is 0.384 e. The summed E-state index contributed by atoms with van der Waals surface area (Å²) in [7, 11) is 1.76. The molecule has 0 radical (unpaired) electrons. The Kier molecular flexibility index (Phi) is 3.85. The summed E-state index contributed by atoms with van der Waals surface area (Å²) in [4.78, 5) is 0. The summed E-state index contributed by atoms with van der Waals surface area (Å²) in [6.07, 6.45) is 2.56. The monoisotopic (exact) mass is 233 g/mol. The van der Waals surface area contributed by atoms with E-state index in [1.54, 1.807) is 7.11 Å². The number of hydrogen-bond donors (Lipinski definition) is 1. The first-order valence-electron chi connectivity index (χ1n) is 6.46. The molecule has 0 spiro atoms. The highest BCUT2D eigenvalue weighted by atomic mass is 16.5. The smallest absolute Gasteiger partial charge is 0.0553 e. The van der Waals surface area contributed by atoms with E-state index in [1.807, 2.05) is 0 Å². The molecule has 17 heavy (non-hydrogen) atoms. The molecule has 1 aliphatic heterocycles. The zero-order valence-corrected chi connectivity index (χ0v) is 11.1. The highest BCUT2D eigenvalue weighted by molar-refractivity contribution is 5.30. The third-order valence-corrected chi connectivity index (χ3v) is 3.66. The molecule has 2 heteroatoms. The van der Waals surface area contributed by atoms with Gasteiger partial charge in [0, 0.05) is 18.6 Å². The van der Waals surface area contributed by atoms with Crippen molar-refractivity contribution >= 4 is 0 Å². The third kappa shape index (κ3) is 2.88. The van der Waals surface area contributed by atoms with Crippen molar-refractivity contribution in [1.82, 2.24) is 5.32 Å². The molecule has 0 saturated carbocycles. The van der Waals surface area contributed by atoms with Crippen LogP contribution in [0, 0.1) is 0 Å². The first kappa shape index (κ1) is 12.6. The third-order valence-electron chi connectivity index (χ3n) is 3.66. The van der Waals surface area contributed by atoms with E-state index >= 15 is 0 Å². The Balaban J connectivity index is 2.12. The molecule has 1 saturated heterocycles. The molecule has 1 unspecified atom stereocenters. The van der Waals surface area contributed by atoms with Gasteiger partial charge in [-0.05, 0) is 30.5 Å². The van der Waals surface area contributed by atoms with Crippen LogP contribution in [0.25, 0.3) is 0 Å². The molecule has 2 rings (SSSR count). The quantitative estimate of drug-likeness (QED) is 0.863. The van der Waals surface area contributed by atoms with E-state index in [4.69, 9.17) is 4.74 Å². The van der Waals surface area contributed by atoms with E-state index in [2.05, 4.69) is 43.4 Å². The summed E-state index contributed by atoms with van der Waals surface area (Å²) in [5.74, 6) is 0. The molecule has 1 aliphatic rings. The molecule has 1 heterocycles. The average molecular weight is 233 g/mol. The minimum Gasteiger partial charge on any atom is -0.384 e. The maximum absolute atomic E-state index is 5.28. The predicted molar refractivity (Wildman–Crippen MR) is 71.3 cm³/mol. The molecule has 0 aromatic heterocycles. The Bertz CT molecular complexity index is 350. The summed E-state index contributed by atoms with van der Waals surface area (Å²) in [6.45, 7) is 6.36. The van der Waals surface area contributed by atoms with Gasteiger partial charge in [0.15, 0.2) is 0 Å². The zero-order chi connectivity index (χ0) is 12.3. The first-order valence-corrected chi connectivity index (χ1v) is 6.46. The second-order valence-electron chi connectivity index (χ2n) is 5.59. The van der Waals surface area contributed by atoms with Gasteiger partial charge < -0.3 is 10.1 Å². The lowest BCUT2D eigenvalue weighted by atomic mass is 9.85. The van der Waals surface area contributed by atoms with Crippen LogP contribution in [-0.2, 0) is 10.2 Å². The lowest BCUT2D eigenvalue weighted by molar-refractivity contribution is 0.146. The molecule has 1 aromatic carbocycles. The number of hydrogen-bond acceptors (Lipinski definition) is 2. The topological polar surface area (TPSA) is 21.3 Å². The van der Waals surface area contributed by atoms with Crippen LogP contribution in [-0.4, -0.2) is 20.3 Å². The van der Waals surface area contributed by atoms with E-state index in [-0.39, 0.29) is 5.41 Å². The van der Waals surface area contributed by atoms with Gasteiger partial charge in [-0.1, -0.05) is 38.1 Å². The molecule has 1 aromatic rings. The van der Waals surface area contributed by atoms with Gasteiger partial charge in [0.25, 0.3) is 0 Å². The fourth-order valence-electron chi connectivity index (χ4n) is 2.58. The molecule has 2 nitrogen and oxygen atoms in total. The summed E-state index contributed by atoms with van der Waals surface area (Å²) in [6, 6.07) is 9.57. The molecule has 0 amide bonds. The first-order chi connectivity index (χ1) is 8.13. The fourth-order valence-corrected chi connectivity index (χ4v) is 2.58. The summed E-state index contributed by atoms with van der Waals surface area (Å²) < 4.78 is 5.28. The van der Waals surface area contributed by atoms with Gasteiger partial charge in [-0.2, -0.15) is 0 Å². The molecule has 1 fully saturated rings. The predicted octanol–water partition coefficient (Wildman–Crippen LogP) is 3.04. The molecule has 0 bridgehead atoms. The van der Waals surface area contributed by atoms with Gasteiger partial charge in [-0.15, -0.1) is 0 Å². The van der Waals surface area contributed by atoms with Gasteiger partial charge in [0.2, 0.25) is 0 Å². The summed E-state index contributed by atoms with van der Waals surface area (Å²) in [5.41, 5.74) is 2.86. The summed E-state index contributed by atoms with van der Waals surface area (Å²) >= 11 is 0. The lowest BCUT2D eigenvalue weighted by Gasteiger charge is -2.24. The highest BCUT2D eigenvalue weighted by Gasteiger charge is 2.21. The maximum Gasteiger partial charge on any atom is 0.0553 e. The van der Waals surface area contributed by atoms with Crippen molar-refractivity contribution in [2.24, 2.45) is 0 Å². The Hall–Kier alpha value is -0.860. The normalized spacial score (nSPS) is 20.8. The number of methoxy groups -OCH3 is 1. The lowest BCUT2D eigenvalue weighted by Crippen LogP contribution is -2.23. The standard InChI is InChI=1S/C15H23NO/c1-15(2,11-17-3)13-8-6-12(7-9-13)14-5-4-10-16-14/h6-9,14,16H,4-5,10-11H2,1-3H3. The van der Waals surface area contributed by atoms with E-state index in [0.29, 0.717) is 6.04 Å². The van der Waals surface area contributed by atoms with Gasteiger partial charge in [-0.25, -0.2) is 0 Å². The van der Waals surface area contributed by atoms with Crippen LogP contribution in [0.4, 0.5) is 0 Å². The van der Waals surface area contributed by atoms with E-state index in [1.165, 1.54) is 24.0 Å². The minimum atomic E-state index is 0.0936. The zero-order valence-electron chi connectivity index (χ0n) is 11.1. The van der Waals surface area contributed by atoms with Crippen LogP contribution in [0.3, 0.4) is 0 Å². The van der Waals surface area contributed by atoms with Crippen LogP contribution < -0.4 is 5.32 Å². The van der Waals surface area contributed by atoms with Crippen molar-refractivity contribution in [2.45, 2.75) is 38.1 Å². The Morgan fingerprint density at radius 1 is 1.29 bits per heavy atom. The van der Waals surface area contributed by atoms with Gasteiger partial charge >= 0.3 is 0 Å². The molecule has 1 atom stereocenters. The second-order valence-corrected chi connectivity index (χ2v) is 5.59. The summed E-state index contributed by atoms with van der Waals surface area (Å²) in [5, 5.41) is 3.53. The highest BCUT2D eigenvalue weighted by Crippen LogP contribution is 2.27. The minimum absolute atomic E-state index is 0.0936. The van der Waals surface area contributed by atoms with Crippen molar-refractivity contribution < 1.29 is 4.74 Å². The number of nitrogens with one attached hydrogen (secondary N) is 1. The van der Waals surface area contributed by atoms with Crippen LogP contribution in [0.1, 0.15) is 43.9 Å².